The molecule has 4 nitrogen and oxygen atoms in total. The Morgan fingerprint density at radius 3 is 2.80 bits per heavy atom. The van der Waals surface area contributed by atoms with E-state index in [1.54, 1.807) is 6.07 Å². The van der Waals surface area contributed by atoms with Crippen molar-refractivity contribution in [3.8, 4) is 17.0 Å². The predicted molar refractivity (Wildman–Crippen MR) is 62.5 cm³/mol. The maximum atomic E-state index is 9.92. The molecule has 0 amide bonds. The highest BCUT2D eigenvalue weighted by molar-refractivity contribution is 9.10. The zero-order chi connectivity index (χ0) is 11.0. The van der Waals surface area contributed by atoms with Crippen molar-refractivity contribution in [3.63, 3.8) is 0 Å². The van der Waals surface area contributed by atoms with Crippen molar-refractivity contribution >= 4 is 21.7 Å². The molecule has 4 N–H and O–H groups in total. The summed E-state index contributed by atoms with van der Waals surface area (Å²) in [6.07, 6.45) is 0. The Balaban J connectivity index is 2.66. The van der Waals surface area contributed by atoms with E-state index in [9.17, 15) is 5.11 Å². The second-order valence-electron chi connectivity index (χ2n) is 3.29. The largest absolute Gasteiger partial charge is 0.507 e. The first-order valence-corrected chi connectivity index (χ1v) is 5.18. The highest BCUT2D eigenvalue weighted by Crippen LogP contribution is 2.37. The number of H-pyrrole nitrogens is 1. The number of nitrogen functional groups attached to an aromatic ring is 1. The van der Waals surface area contributed by atoms with Crippen molar-refractivity contribution in [2.24, 2.45) is 0 Å². The van der Waals surface area contributed by atoms with Gasteiger partial charge in [-0.25, -0.2) is 0 Å². The Labute approximate surface area is 95.3 Å². The molecule has 0 atom stereocenters. The Hall–Kier alpha value is -1.49. The molecule has 0 bridgehead atoms. The van der Waals surface area contributed by atoms with Crippen LogP contribution in [0.3, 0.4) is 0 Å². The SMILES string of the molecule is Cc1ccc(Br)c(-c2cc(N)n[nH]2)c1O. The number of phenolic OH excluding ortho intramolecular Hbond substituents is 1. The van der Waals surface area contributed by atoms with Crippen molar-refractivity contribution in [3.05, 3.63) is 28.2 Å². The van der Waals surface area contributed by atoms with E-state index in [2.05, 4.69) is 26.1 Å². The normalized spacial score (nSPS) is 10.5. The molecule has 0 unspecified atom stereocenters. The van der Waals surface area contributed by atoms with E-state index in [0.717, 1.165) is 10.0 Å². The zero-order valence-corrected chi connectivity index (χ0v) is 9.67. The summed E-state index contributed by atoms with van der Waals surface area (Å²) in [6, 6.07) is 5.39. The summed E-state index contributed by atoms with van der Waals surface area (Å²) in [5, 5.41) is 16.5. The van der Waals surface area contributed by atoms with Gasteiger partial charge in [0, 0.05) is 10.5 Å². The number of aromatic hydroxyl groups is 1. The Morgan fingerprint density at radius 2 is 2.20 bits per heavy atom. The lowest BCUT2D eigenvalue weighted by molar-refractivity contribution is 0.472. The summed E-state index contributed by atoms with van der Waals surface area (Å²) in [5.41, 5.74) is 7.70. The van der Waals surface area contributed by atoms with Crippen LogP contribution >= 0.6 is 15.9 Å². The molecular weight excluding hydrogens is 258 g/mol. The van der Waals surface area contributed by atoms with Gasteiger partial charge in [0.2, 0.25) is 0 Å². The van der Waals surface area contributed by atoms with E-state index in [1.807, 2.05) is 19.1 Å². The Morgan fingerprint density at radius 1 is 1.47 bits per heavy atom. The maximum Gasteiger partial charge on any atom is 0.145 e. The zero-order valence-electron chi connectivity index (χ0n) is 8.08. The van der Waals surface area contributed by atoms with E-state index >= 15 is 0 Å². The maximum absolute atomic E-state index is 9.92. The van der Waals surface area contributed by atoms with Crippen LogP contribution in [0.15, 0.2) is 22.7 Å². The first-order chi connectivity index (χ1) is 7.09. The van der Waals surface area contributed by atoms with Crippen molar-refractivity contribution in [2.45, 2.75) is 6.92 Å². The third-order valence-corrected chi connectivity index (χ3v) is 2.86. The Bertz CT molecular complexity index is 507. The van der Waals surface area contributed by atoms with Crippen LogP contribution in [0.1, 0.15) is 5.56 Å². The number of halogens is 1. The van der Waals surface area contributed by atoms with Gasteiger partial charge in [0.25, 0.3) is 0 Å². The van der Waals surface area contributed by atoms with Crippen molar-refractivity contribution in [1.82, 2.24) is 10.2 Å². The molecular formula is C10H10BrN3O. The first-order valence-electron chi connectivity index (χ1n) is 4.39. The van der Waals surface area contributed by atoms with E-state index < -0.39 is 0 Å². The van der Waals surface area contributed by atoms with Crippen LogP contribution in [0.5, 0.6) is 5.75 Å². The van der Waals surface area contributed by atoms with Gasteiger partial charge >= 0.3 is 0 Å². The number of benzene rings is 1. The van der Waals surface area contributed by atoms with Gasteiger partial charge in [-0.15, -0.1) is 0 Å². The molecule has 1 aromatic heterocycles. The number of aromatic amines is 1. The van der Waals surface area contributed by atoms with Crippen molar-refractivity contribution in [2.75, 3.05) is 5.73 Å². The summed E-state index contributed by atoms with van der Waals surface area (Å²) in [4.78, 5) is 0. The topological polar surface area (TPSA) is 74.9 Å². The number of rotatable bonds is 1. The third kappa shape index (κ3) is 1.70. The summed E-state index contributed by atoms with van der Waals surface area (Å²) < 4.78 is 0.800. The van der Waals surface area contributed by atoms with Gasteiger partial charge < -0.3 is 10.8 Å². The summed E-state index contributed by atoms with van der Waals surface area (Å²) in [7, 11) is 0. The lowest BCUT2D eigenvalue weighted by Gasteiger charge is -2.07. The average molecular weight is 268 g/mol. The molecule has 5 heteroatoms. The number of nitrogens with one attached hydrogen (secondary N) is 1. The molecule has 1 heterocycles. The monoisotopic (exact) mass is 267 g/mol. The molecule has 2 aromatic rings. The van der Waals surface area contributed by atoms with Crippen LogP contribution in [-0.4, -0.2) is 15.3 Å². The Kier molecular flexibility index (Phi) is 2.40. The van der Waals surface area contributed by atoms with Gasteiger partial charge in [-0.1, -0.05) is 6.07 Å². The highest BCUT2D eigenvalue weighted by Gasteiger charge is 2.12. The predicted octanol–water partition coefficient (Wildman–Crippen LogP) is 2.44. The fourth-order valence-corrected chi connectivity index (χ4v) is 1.93. The number of aromatic nitrogens is 2. The molecule has 15 heavy (non-hydrogen) atoms. The van der Waals surface area contributed by atoms with E-state index in [1.165, 1.54) is 0 Å². The van der Waals surface area contributed by atoms with Gasteiger partial charge in [0.15, 0.2) is 0 Å². The number of anilines is 1. The van der Waals surface area contributed by atoms with Gasteiger partial charge in [-0.3, -0.25) is 5.10 Å². The molecule has 2 rings (SSSR count). The van der Waals surface area contributed by atoms with Crippen LogP contribution in [0.25, 0.3) is 11.3 Å². The second-order valence-corrected chi connectivity index (χ2v) is 4.15. The molecule has 0 aliphatic heterocycles. The molecule has 0 saturated heterocycles. The molecule has 0 aliphatic carbocycles. The summed E-state index contributed by atoms with van der Waals surface area (Å²) in [5.74, 6) is 0.630. The van der Waals surface area contributed by atoms with E-state index in [0.29, 0.717) is 17.1 Å². The molecule has 0 radical (unpaired) electrons. The van der Waals surface area contributed by atoms with Gasteiger partial charge in [0.05, 0.1) is 11.3 Å². The lowest BCUT2D eigenvalue weighted by atomic mass is 10.1. The third-order valence-electron chi connectivity index (χ3n) is 2.20. The summed E-state index contributed by atoms with van der Waals surface area (Å²) in [6.45, 7) is 1.84. The molecule has 78 valence electrons. The minimum atomic E-state index is 0.230. The van der Waals surface area contributed by atoms with Crippen LogP contribution < -0.4 is 5.73 Å². The smallest absolute Gasteiger partial charge is 0.145 e. The molecule has 0 aliphatic rings. The van der Waals surface area contributed by atoms with Gasteiger partial charge in [-0.05, 0) is 34.5 Å². The van der Waals surface area contributed by atoms with E-state index in [4.69, 9.17) is 5.73 Å². The average Bonchev–Trinajstić information content (AvgIpc) is 2.59. The number of nitrogens with two attached hydrogens (primary N) is 1. The second kappa shape index (κ2) is 3.58. The van der Waals surface area contributed by atoms with Crippen LogP contribution in [0, 0.1) is 6.92 Å². The van der Waals surface area contributed by atoms with Crippen molar-refractivity contribution in [1.29, 1.82) is 0 Å². The van der Waals surface area contributed by atoms with Crippen LogP contribution in [-0.2, 0) is 0 Å². The van der Waals surface area contributed by atoms with Gasteiger partial charge in [-0.2, -0.15) is 5.10 Å². The number of phenols is 1. The lowest BCUT2D eigenvalue weighted by Crippen LogP contribution is -1.84. The molecule has 1 aromatic carbocycles. The number of nitrogens with zero attached hydrogens (tertiary/aromatic N) is 1. The molecule has 0 fully saturated rings. The van der Waals surface area contributed by atoms with Crippen LogP contribution in [0.4, 0.5) is 5.82 Å². The van der Waals surface area contributed by atoms with Crippen molar-refractivity contribution < 1.29 is 5.11 Å². The fourth-order valence-electron chi connectivity index (χ4n) is 1.39. The van der Waals surface area contributed by atoms with Gasteiger partial charge in [0.1, 0.15) is 11.6 Å². The molecule has 0 spiro atoms. The number of hydrogen-bond acceptors (Lipinski definition) is 3. The number of aryl methyl sites for hydroxylation is 1. The number of hydrogen-bond donors (Lipinski definition) is 3. The van der Waals surface area contributed by atoms with Crippen LogP contribution in [0.2, 0.25) is 0 Å². The highest BCUT2D eigenvalue weighted by atomic mass is 79.9. The minimum Gasteiger partial charge on any atom is -0.507 e. The standard InChI is InChI=1S/C10H10BrN3O/c1-5-2-3-6(11)9(10(5)15)7-4-8(12)14-13-7/h2-4,15H,1H3,(H3,12,13,14). The molecule has 0 saturated carbocycles. The fraction of sp³-hybridized carbons (Fsp3) is 0.100. The minimum absolute atomic E-state index is 0.230. The quantitative estimate of drug-likeness (QED) is 0.743. The summed E-state index contributed by atoms with van der Waals surface area (Å²) >= 11 is 3.38. The van der Waals surface area contributed by atoms with E-state index in [-0.39, 0.29) is 5.75 Å². The first kappa shape index (κ1) is 10.0.